The largest absolute Gasteiger partial charge is 0.494 e. The van der Waals surface area contributed by atoms with Gasteiger partial charge in [0.2, 0.25) is 0 Å². The van der Waals surface area contributed by atoms with Crippen molar-refractivity contribution in [1.29, 1.82) is 0 Å². The van der Waals surface area contributed by atoms with Crippen LogP contribution < -0.4 is 15.0 Å². The third-order valence-corrected chi connectivity index (χ3v) is 5.09. The fourth-order valence-electron chi connectivity index (χ4n) is 3.67. The molecule has 0 radical (unpaired) electrons. The average Bonchev–Trinajstić information content (AvgIpc) is 3.07. The van der Waals surface area contributed by atoms with Gasteiger partial charge in [0, 0.05) is 22.5 Å². The monoisotopic (exact) mass is 416 g/mol. The van der Waals surface area contributed by atoms with E-state index in [1.807, 2.05) is 67.6 Å². The Labute approximate surface area is 181 Å². The summed E-state index contributed by atoms with van der Waals surface area (Å²) in [4.78, 5) is 26.9. The maximum Gasteiger partial charge on any atom is 0.338 e. The number of anilines is 2. The summed E-state index contributed by atoms with van der Waals surface area (Å²) in [6.45, 7) is 4.62. The molecule has 4 rings (SSSR count). The minimum absolute atomic E-state index is 0.0691. The van der Waals surface area contributed by atoms with Crippen molar-refractivity contribution in [3.63, 3.8) is 0 Å². The van der Waals surface area contributed by atoms with Crippen molar-refractivity contribution in [2.75, 3.05) is 23.4 Å². The van der Waals surface area contributed by atoms with E-state index in [1.165, 1.54) is 0 Å². The molecule has 0 bridgehead atoms. The highest BCUT2D eigenvalue weighted by molar-refractivity contribution is 6.11. The minimum Gasteiger partial charge on any atom is -0.494 e. The molecular formula is C25H24N2O4. The van der Waals surface area contributed by atoms with Crippen molar-refractivity contribution in [2.24, 2.45) is 0 Å². The molecule has 6 nitrogen and oxygen atoms in total. The van der Waals surface area contributed by atoms with Crippen molar-refractivity contribution in [3.05, 3.63) is 89.5 Å². The molecule has 0 aliphatic carbocycles. The maximum absolute atomic E-state index is 13.2. The first-order valence-corrected chi connectivity index (χ1v) is 10.3. The van der Waals surface area contributed by atoms with Crippen molar-refractivity contribution in [3.8, 4) is 5.75 Å². The number of esters is 1. The standard InChI is InChI=1S/C25H24N2O4/c1-3-30-20-15-13-19(14-16-20)27-23(21-7-5-6-8-22(21)24(27)28)26-18-11-9-17(10-12-18)25(29)31-4-2/h5-16,23,26H,3-4H2,1-2H3/t23-/m0/s1. The zero-order valence-corrected chi connectivity index (χ0v) is 17.5. The molecule has 6 heteroatoms. The van der Waals surface area contributed by atoms with Crippen molar-refractivity contribution < 1.29 is 19.1 Å². The second kappa shape index (κ2) is 8.92. The number of benzene rings is 3. The predicted octanol–water partition coefficient (Wildman–Crippen LogP) is 5.03. The molecule has 158 valence electrons. The van der Waals surface area contributed by atoms with Gasteiger partial charge >= 0.3 is 5.97 Å². The van der Waals surface area contributed by atoms with E-state index < -0.39 is 0 Å². The van der Waals surface area contributed by atoms with Crippen LogP contribution in [0, 0.1) is 0 Å². The number of hydrogen-bond donors (Lipinski definition) is 1. The van der Waals surface area contributed by atoms with Crippen LogP contribution in [-0.4, -0.2) is 25.1 Å². The average molecular weight is 416 g/mol. The molecule has 0 saturated carbocycles. The molecule has 0 unspecified atom stereocenters. The SMILES string of the molecule is CCOC(=O)c1ccc(N[C@@H]2c3ccccc3C(=O)N2c2ccc(OCC)cc2)cc1. The van der Waals surface area contributed by atoms with Gasteiger partial charge in [0.25, 0.3) is 5.91 Å². The van der Waals surface area contributed by atoms with Gasteiger partial charge in [-0.25, -0.2) is 4.79 Å². The van der Waals surface area contributed by atoms with E-state index in [2.05, 4.69) is 5.32 Å². The molecule has 1 N–H and O–H groups in total. The normalized spacial score (nSPS) is 14.8. The zero-order valence-electron chi connectivity index (χ0n) is 17.5. The van der Waals surface area contributed by atoms with E-state index in [4.69, 9.17) is 9.47 Å². The number of hydrogen-bond acceptors (Lipinski definition) is 5. The van der Waals surface area contributed by atoms with E-state index in [9.17, 15) is 9.59 Å². The summed E-state index contributed by atoms with van der Waals surface area (Å²) in [6, 6.07) is 22.1. The van der Waals surface area contributed by atoms with Gasteiger partial charge in [-0.2, -0.15) is 0 Å². The molecule has 1 aliphatic rings. The quantitative estimate of drug-likeness (QED) is 0.547. The number of nitrogens with one attached hydrogen (secondary N) is 1. The van der Waals surface area contributed by atoms with Crippen molar-refractivity contribution in [2.45, 2.75) is 20.0 Å². The number of carbonyl (C=O) groups excluding carboxylic acids is 2. The fraction of sp³-hybridized carbons (Fsp3) is 0.200. The molecule has 1 amide bonds. The Morgan fingerprint density at radius 3 is 2.32 bits per heavy atom. The van der Waals surface area contributed by atoms with Gasteiger partial charge in [0.1, 0.15) is 11.9 Å². The van der Waals surface area contributed by atoms with E-state index in [0.717, 1.165) is 22.7 Å². The van der Waals surface area contributed by atoms with Crippen LogP contribution in [-0.2, 0) is 4.74 Å². The van der Waals surface area contributed by atoms with Crippen LogP contribution >= 0.6 is 0 Å². The topological polar surface area (TPSA) is 67.9 Å². The number of ether oxygens (including phenoxy) is 2. The first-order chi connectivity index (χ1) is 15.1. The summed E-state index contributed by atoms with van der Waals surface area (Å²) in [6.07, 6.45) is -0.380. The van der Waals surface area contributed by atoms with Gasteiger partial charge in [0.05, 0.1) is 18.8 Å². The van der Waals surface area contributed by atoms with Crippen LogP contribution in [0.5, 0.6) is 5.75 Å². The van der Waals surface area contributed by atoms with Crippen LogP contribution in [0.25, 0.3) is 0 Å². The predicted molar refractivity (Wildman–Crippen MR) is 120 cm³/mol. The molecule has 1 heterocycles. The van der Waals surface area contributed by atoms with Gasteiger partial charge in [-0.1, -0.05) is 18.2 Å². The summed E-state index contributed by atoms with van der Waals surface area (Å²) >= 11 is 0. The number of nitrogens with zero attached hydrogens (tertiary/aromatic N) is 1. The van der Waals surface area contributed by atoms with Crippen LogP contribution in [0.1, 0.15) is 46.3 Å². The highest BCUT2D eigenvalue weighted by Crippen LogP contribution is 2.38. The van der Waals surface area contributed by atoms with Crippen molar-refractivity contribution in [1.82, 2.24) is 0 Å². The lowest BCUT2D eigenvalue weighted by atomic mass is 10.1. The van der Waals surface area contributed by atoms with Gasteiger partial charge in [-0.05, 0) is 68.4 Å². The van der Waals surface area contributed by atoms with E-state index >= 15 is 0 Å². The lowest BCUT2D eigenvalue weighted by Crippen LogP contribution is -2.32. The lowest BCUT2D eigenvalue weighted by Gasteiger charge is -2.27. The zero-order chi connectivity index (χ0) is 21.8. The molecule has 1 atom stereocenters. The van der Waals surface area contributed by atoms with Gasteiger partial charge in [0.15, 0.2) is 0 Å². The Hall–Kier alpha value is -3.80. The maximum atomic E-state index is 13.2. The smallest absolute Gasteiger partial charge is 0.338 e. The molecule has 3 aromatic carbocycles. The van der Waals surface area contributed by atoms with E-state index in [0.29, 0.717) is 24.3 Å². The molecule has 3 aromatic rings. The first-order valence-electron chi connectivity index (χ1n) is 10.3. The molecule has 31 heavy (non-hydrogen) atoms. The number of fused-ring (bicyclic) bond motifs is 1. The summed E-state index contributed by atoms with van der Waals surface area (Å²) < 4.78 is 10.6. The minimum atomic E-state index is -0.380. The molecule has 0 aromatic heterocycles. The third kappa shape index (κ3) is 4.10. The molecule has 0 fully saturated rings. The number of rotatable bonds is 7. The number of amides is 1. The summed E-state index contributed by atoms with van der Waals surface area (Å²) in [5.41, 5.74) is 3.61. The Balaban J connectivity index is 1.64. The molecule has 0 spiro atoms. The van der Waals surface area contributed by atoms with E-state index in [1.54, 1.807) is 24.0 Å². The highest BCUT2D eigenvalue weighted by Gasteiger charge is 2.37. The Bertz CT molecular complexity index is 1080. The highest BCUT2D eigenvalue weighted by atomic mass is 16.5. The molecule has 0 saturated heterocycles. The van der Waals surface area contributed by atoms with Crippen molar-refractivity contribution >= 4 is 23.3 Å². The first kappa shape index (κ1) is 20.5. The Morgan fingerprint density at radius 2 is 1.65 bits per heavy atom. The Morgan fingerprint density at radius 1 is 0.935 bits per heavy atom. The lowest BCUT2D eigenvalue weighted by molar-refractivity contribution is 0.0526. The third-order valence-electron chi connectivity index (χ3n) is 5.09. The van der Waals surface area contributed by atoms with Gasteiger partial charge in [-0.15, -0.1) is 0 Å². The fourth-order valence-corrected chi connectivity index (χ4v) is 3.67. The van der Waals surface area contributed by atoms with Crippen LogP contribution in [0.4, 0.5) is 11.4 Å². The van der Waals surface area contributed by atoms with Crippen LogP contribution in [0.3, 0.4) is 0 Å². The summed E-state index contributed by atoms with van der Waals surface area (Å²) in [5.74, 6) is 0.335. The van der Waals surface area contributed by atoms with Crippen LogP contribution in [0.15, 0.2) is 72.8 Å². The number of carbonyl (C=O) groups is 2. The summed E-state index contributed by atoms with van der Waals surface area (Å²) in [5, 5.41) is 3.44. The molecule has 1 aliphatic heterocycles. The van der Waals surface area contributed by atoms with E-state index in [-0.39, 0.29) is 18.0 Å². The summed E-state index contributed by atoms with van der Waals surface area (Å²) in [7, 11) is 0. The second-order valence-electron chi connectivity index (χ2n) is 7.03. The van der Waals surface area contributed by atoms with Gasteiger partial charge in [-0.3, -0.25) is 9.69 Å². The van der Waals surface area contributed by atoms with Gasteiger partial charge < -0.3 is 14.8 Å². The Kier molecular flexibility index (Phi) is 5.89. The second-order valence-corrected chi connectivity index (χ2v) is 7.03. The molecular weight excluding hydrogens is 392 g/mol. The van der Waals surface area contributed by atoms with Crippen LogP contribution in [0.2, 0.25) is 0 Å².